The number of allylic oxidation sites excluding steroid dienone is 2. The van der Waals surface area contributed by atoms with Gasteiger partial charge in [-0.25, -0.2) is 4.79 Å². The van der Waals surface area contributed by atoms with Crippen LogP contribution in [-0.2, 0) is 15.1 Å². The average molecular weight is 455 g/mol. The number of likely N-dealkylation sites (tertiary alicyclic amines) is 1. The van der Waals surface area contributed by atoms with E-state index in [1.54, 1.807) is 6.26 Å². The zero-order valence-electron chi connectivity index (χ0n) is 20.6. The first-order chi connectivity index (χ1) is 15.6. The Bertz CT molecular complexity index is 967. The van der Waals surface area contributed by atoms with Gasteiger partial charge in [0, 0.05) is 30.0 Å². The second-order valence-electron chi connectivity index (χ2n) is 11.8. The fourth-order valence-electron chi connectivity index (χ4n) is 7.84. The van der Waals surface area contributed by atoms with Crippen LogP contribution in [0.5, 0.6) is 0 Å². The number of furan rings is 1. The second kappa shape index (κ2) is 7.64. The van der Waals surface area contributed by atoms with E-state index in [9.17, 15) is 9.59 Å². The van der Waals surface area contributed by atoms with Gasteiger partial charge >= 0.3 is 6.09 Å². The first-order valence-electron chi connectivity index (χ1n) is 12.6. The standard InChI is InChI=1S/C27H38N2O4/c1-25(2,21-7-6-16-32-21)28-24(31)33-22-11-9-18-17-8-10-20-26(3,15-13-23(30)29(20)5)19(17)12-14-27(18,22)4/h6-7,10,16-19,22H,8-9,11-15H2,1-5H3,(H,28,31)/t17-,18-,19-,22-,26+,27-/m0/s1. The highest BCUT2D eigenvalue weighted by molar-refractivity contribution is 5.79. The number of ether oxygens (including phenoxy) is 1. The Morgan fingerprint density at radius 2 is 2.00 bits per heavy atom. The molecule has 33 heavy (non-hydrogen) atoms. The topological polar surface area (TPSA) is 71.8 Å². The minimum atomic E-state index is -0.624. The molecule has 6 nitrogen and oxygen atoms in total. The van der Waals surface area contributed by atoms with Crippen LogP contribution in [0.15, 0.2) is 34.6 Å². The molecule has 2 saturated carbocycles. The summed E-state index contributed by atoms with van der Waals surface area (Å²) >= 11 is 0. The van der Waals surface area contributed by atoms with Crippen LogP contribution in [0.25, 0.3) is 0 Å². The van der Waals surface area contributed by atoms with Crippen molar-refractivity contribution in [2.75, 3.05) is 7.05 Å². The number of alkyl carbamates (subject to hydrolysis) is 1. The fraction of sp³-hybridized carbons (Fsp3) is 0.704. The van der Waals surface area contributed by atoms with Crippen molar-refractivity contribution in [1.29, 1.82) is 0 Å². The number of rotatable bonds is 3. The van der Waals surface area contributed by atoms with E-state index in [0.29, 0.717) is 29.9 Å². The van der Waals surface area contributed by atoms with Crippen LogP contribution in [0.4, 0.5) is 4.79 Å². The SMILES string of the molecule is CN1C(=O)CC[C@@]2(C)C1=CC[C@H]1[C@@H]3CC[C@H](OC(=O)NC(C)(C)c4ccco4)[C@@]3(C)CC[C@@H]12. The molecule has 0 aromatic carbocycles. The Balaban J connectivity index is 1.31. The Morgan fingerprint density at radius 1 is 1.21 bits per heavy atom. The monoisotopic (exact) mass is 454 g/mol. The Labute approximate surface area is 197 Å². The number of amides is 2. The quantitative estimate of drug-likeness (QED) is 0.645. The first kappa shape index (κ1) is 22.5. The van der Waals surface area contributed by atoms with Crippen LogP contribution >= 0.6 is 0 Å². The van der Waals surface area contributed by atoms with Crippen molar-refractivity contribution < 1.29 is 18.7 Å². The molecule has 6 heteroatoms. The lowest BCUT2D eigenvalue weighted by Crippen LogP contribution is -2.54. The summed E-state index contributed by atoms with van der Waals surface area (Å²) in [5, 5.41) is 3.00. The third-order valence-electron chi connectivity index (χ3n) is 9.73. The van der Waals surface area contributed by atoms with E-state index in [1.807, 2.05) is 37.9 Å². The molecule has 0 spiro atoms. The minimum absolute atomic E-state index is 0.00538. The molecule has 2 amide bonds. The zero-order valence-corrected chi connectivity index (χ0v) is 20.6. The molecule has 1 aromatic heterocycles. The lowest BCUT2D eigenvalue weighted by molar-refractivity contribution is -0.136. The average Bonchev–Trinajstić information content (AvgIpc) is 3.40. The molecule has 0 bridgehead atoms. The van der Waals surface area contributed by atoms with Gasteiger partial charge in [0.05, 0.1) is 11.8 Å². The summed E-state index contributed by atoms with van der Waals surface area (Å²) in [5.74, 6) is 2.69. The van der Waals surface area contributed by atoms with Gasteiger partial charge in [-0.2, -0.15) is 0 Å². The Morgan fingerprint density at radius 3 is 2.73 bits per heavy atom. The van der Waals surface area contributed by atoms with Gasteiger partial charge in [-0.3, -0.25) is 4.79 Å². The summed E-state index contributed by atoms with van der Waals surface area (Å²) in [6.45, 7) is 8.58. The van der Waals surface area contributed by atoms with Crippen molar-refractivity contribution in [2.45, 2.75) is 84.3 Å². The van der Waals surface area contributed by atoms with Gasteiger partial charge in [0.1, 0.15) is 11.9 Å². The molecule has 1 saturated heterocycles. The molecule has 0 radical (unpaired) electrons. The van der Waals surface area contributed by atoms with Gasteiger partial charge in [0.25, 0.3) is 0 Å². The molecule has 1 N–H and O–H groups in total. The third kappa shape index (κ3) is 3.43. The van der Waals surface area contributed by atoms with E-state index in [4.69, 9.17) is 9.15 Å². The Hall–Kier alpha value is -2.24. The van der Waals surface area contributed by atoms with Gasteiger partial charge in [0.15, 0.2) is 0 Å². The van der Waals surface area contributed by atoms with Crippen LogP contribution in [0.2, 0.25) is 0 Å². The van der Waals surface area contributed by atoms with Crippen LogP contribution < -0.4 is 5.32 Å². The summed E-state index contributed by atoms with van der Waals surface area (Å²) in [6, 6.07) is 3.70. The predicted molar refractivity (Wildman–Crippen MR) is 125 cm³/mol. The molecule has 2 heterocycles. The number of carbonyl (C=O) groups is 2. The normalized spacial score (nSPS) is 38.2. The van der Waals surface area contributed by atoms with Gasteiger partial charge in [-0.15, -0.1) is 0 Å². The van der Waals surface area contributed by atoms with Crippen molar-refractivity contribution in [2.24, 2.45) is 28.6 Å². The number of piperidine rings is 1. The maximum Gasteiger partial charge on any atom is 0.408 e. The van der Waals surface area contributed by atoms with E-state index in [0.717, 1.165) is 38.5 Å². The molecule has 180 valence electrons. The number of hydrogen-bond acceptors (Lipinski definition) is 4. The highest BCUT2D eigenvalue weighted by Crippen LogP contribution is 2.64. The molecule has 3 aliphatic carbocycles. The fourth-order valence-corrected chi connectivity index (χ4v) is 7.84. The molecular formula is C27H38N2O4. The zero-order chi connectivity index (χ0) is 23.6. The second-order valence-corrected chi connectivity index (χ2v) is 11.8. The lowest BCUT2D eigenvalue weighted by atomic mass is 9.49. The van der Waals surface area contributed by atoms with Crippen molar-refractivity contribution in [3.05, 3.63) is 35.9 Å². The molecule has 1 aliphatic heterocycles. The number of nitrogens with one attached hydrogen (secondary N) is 1. The summed E-state index contributed by atoms with van der Waals surface area (Å²) in [5.41, 5.74) is 0.705. The van der Waals surface area contributed by atoms with E-state index in [-0.39, 0.29) is 28.9 Å². The Kier molecular flexibility index (Phi) is 5.22. The van der Waals surface area contributed by atoms with E-state index in [1.165, 1.54) is 5.70 Å². The molecule has 3 fully saturated rings. The van der Waals surface area contributed by atoms with E-state index >= 15 is 0 Å². The van der Waals surface area contributed by atoms with Gasteiger partial charge < -0.3 is 19.4 Å². The number of fused-ring (bicyclic) bond motifs is 5. The minimum Gasteiger partial charge on any atom is -0.467 e. The molecular weight excluding hydrogens is 416 g/mol. The van der Waals surface area contributed by atoms with Crippen molar-refractivity contribution >= 4 is 12.0 Å². The van der Waals surface area contributed by atoms with Crippen molar-refractivity contribution in [1.82, 2.24) is 10.2 Å². The molecule has 6 atom stereocenters. The third-order valence-corrected chi connectivity index (χ3v) is 9.73. The van der Waals surface area contributed by atoms with Crippen LogP contribution in [0.1, 0.15) is 78.4 Å². The van der Waals surface area contributed by atoms with Crippen molar-refractivity contribution in [3.8, 4) is 0 Å². The maximum atomic E-state index is 12.9. The van der Waals surface area contributed by atoms with E-state index in [2.05, 4.69) is 25.2 Å². The van der Waals surface area contributed by atoms with Crippen LogP contribution in [0.3, 0.4) is 0 Å². The highest BCUT2D eigenvalue weighted by Gasteiger charge is 2.60. The molecule has 0 unspecified atom stereocenters. The summed E-state index contributed by atoms with van der Waals surface area (Å²) in [4.78, 5) is 27.1. The smallest absolute Gasteiger partial charge is 0.408 e. The van der Waals surface area contributed by atoms with Gasteiger partial charge in [0.2, 0.25) is 5.91 Å². The van der Waals surface area contributed by atoms with Crippen LogP contribution in [0, 0.1) is 28.6 Å². The largest absolute Gasteiger partial charge is 0.467 e. The van der Waals surface area contributed by atoms with Gasteiger partial charge in [-0.05, 0) is 82.3 Å². The highest BCUT2D eigenvalue weighted by atomic mass is 16.6. The summed E-state index contributed by atoms with van der Waals surface area (Å²) < 4.78 is 11.6. The van der Waals surface area contributed by atoms with Crippen molar-refractivity contribution in [3.63, 3.8) is 0 Å². The first-order valence-corrected chi connectivity index (χ1v) is 12.6. The molecule has 4 aliphatic rings. The molecule has 5 rings (SSSR count). The van der Waals surface area contributed by atoms with Crippen LogP contribution in [-0.4, -0.2) is 30.1 Å². The number of hydrogen-bond donors (Lipinski definition) is 1. The molecule has 1 aromatic rings. The lowest BCUT2D eigenvalue weighted by Gasteiger charge is -2.58. The number of carbonyl (C=O) groups excluding carboxylic acids is 2. The number of nitrogens with zero attached hydrogens (tertiary/aromatic N) is 1. The summed E-state index contributed by atoms with van der Waals surface area (Å²) in [7, 11) is 1.95. The predicted octanol–water partition coefficient (Wildman–Crippen LogP) is 5.60. The maximum absolute atomic E-state index is 12.9. The van der Waals surface area contributed by atoms with E-state index < -0.39 is 5.54 Å². The summed E-state index contributed by atoms with van der Waals surface area (Å²) in [6.07, 6.45) is 10.4. The van der Waals surface area contributed by atoms with Gasteiger partial charge in [-0.1, -0.05) is 19.9 Å².